The number of carbonyl (C=O) groups excluding carboxylic acids is 6. The van der Waals surface area contributed by atoms with E-state index in [0.717, 1.165) is 50.6 Å². The van der Waals surface area contributed by atoms with E-state index < -0.39 is 9.84 Å². The molecule has 0 atom stereocenters. The molecular formula is C47H89N9O9S. The second-order valence-corrected chi connectivity index (χ2v) is 20.5. The summed E-state index contributed by atoms with van der Waals surface area (Å²) in [5, 5.41) is 16.9. The van der Waals surface area contributed by atoms with Gasteiger partial charge in [0.1, 0.15) is 5.75 Å². The highest BCUT2D eigenvalue weighted by Gasteiger charge is 2.22. The maximum atomic E-state index is 11.3. The third-order valence-electron chi connectivity index (χ3n) is 9.84. The van der Waals surface area contributed by atoms with Crippen molar-refractivity contribution in [3.63, 3.8) is 0 Å². The van der Waals surface area contributed by atoms with Crippen LogP contribution in [0.15, 0.2) is 24.3 Å². The zero-order valence-electron chi connectivity index (χ0n) is 42.8. The van der Waals surface area contributed by atoms with Crippen LogP contribution in [-0.4, -0.2) is 151 Å². The molecule has 0 bridgehead atoms. The third kappa shape index (κ3) is 32.4. The Labute approximate surface area is 397 Å². The molecule has 19 heteroatoms. The molecule has 1 aromatic carbocycles. The number of carbonyl (C=O) groups is 6. The number of sulfone groups is 1. The lowest BCUT2D eigenvalue weighted by atomic mass is 10.1. The van der Waals surface area contributed by atoms with E-state index in [-0.39, 0.29) is 76.5 Å². The van der Waals surface area contributed by atoms with E-state index in [0.29, 0.717) is 51.1 Å². The molecule has 66 heavy (non-hydrogen) atoms. The minimum Gasteiger partial charge on any atom is -0.497 e. The van der Waals surface area contributed by atoms with E-state index in [1.54, 1.807) is 19.1 Å². The number of likely N-dealkylation sites (tertiary alicyclic amines) is 1. The molecule has 3 aliphatic rings. The fourth-order valence-electron chi connectivity index (χ4n) is 4.98. The SMILES string of the molecule is CC(C)C(=O)NC1CNC1.CC(C)C(=O)NCCN1CCCC1=O.CC(C)C(=O)NCCN1CCS(=O)(=O)CC1.CC(C)CN.CNC(=O)C(C)C.COc1ccc(NC(=O)C(C)C)cc1. The van der Waals surface area contributed by atoms with Crippen LogP contribution in [-0.2, 0) is 38.6 Å². The lowest BCUT2D eigenvalue weighted by molar-refractivity contribution is -0.128. The summed E-state index contributed by atoms with van der Waals surface area (Å²) in [6, 6.07) is 7.65. The van der Waals surface area contributed by atoms with Crippen molar-refractivity contribution in [3.8, 4) is 5.75 Å². The van der Waals surface area contributed by atoms with Crippen LogP contribution in [0, 0.1) is 35.5 Å². The molecule has 4 rings (SSSR count). The van der Waals surface area contributed by atoms with Crippen LogP contribution in [0.2, 0.25) is 0 Å². The van der Waals surface area contributed by atoms with Crippen LogP contribution in [0.5, 0.6) is 5.75 Å². The molecule has 6 amide bonds. The van der Waals surface area contributed by atoms with Gasteiger partial charge in [-0.15, -0.1) is 0 Å². The molecule has 8 N–H and O–H groups in total. The monoisotopic (exact) mass is 956 g/mol. The largest absolute Gasteiger partial charge is 0.497 e. The van der Waals surface area contributed by atoms with Crippen LogP contribution < -0.4 is 42.4 Å². The Hall–Kier alpha value is -4.33. The van der Waals surface area contributed by atoms with Gasteiger partial charge in [0.2, 0.25) is 35.4 Å². The first kappa shape index (κ1) is 63.8. The minimum atomic E-state index is -2.80. The van der Waals surface area contributed by atoms with Crippen LogP contribution in [0.3, 0.4) is 0 Å². The molecule has 3 heterocycles. The van der Waals surface area contributed by atoms with E-state index in [2.05, 4.69) is 50.6 Å². The van der Waals surface area contributed by atoms with E-state index in [1.165, 1.54) is 0 Å². The second-order valence-electron chi connectivity index (χ2n) is 18.2. The summed E-state index contributed by atoms with van der Waals surface area (Å²) in [5.41, 5.74) is 5.97. The molecule has 0 radical (unpaired) electrons. The number of hydrogen-bond donors (Lipinski definition) is 7. The first-order valence-corrected chi connectivity index (χ1v) is 25.3. The summed E-state index contributed by atoms with van der Waals surface area (Å²) in [7, 11) is 0.455. The number of anilines is 1. The Kier molecular flexibility index (Phi) is 34.6. The molecule has 0 spiro atoms. The van der Waals surface area contributed by atoms with Crippen LogP contribution in [0.1, 0.15) is 95.9 Å². The number of methoxy groups -OCH3 is 1. The summed E-state index contributed by atoms with van der Waals surface area (Å²) in [5.74, 6) is 2.76. The number of nitrogens with one attached hydrogen (secondary N) is 6. The van der Waals surface area contributed by atoms with Crippen molar-refractivity contribution in [2.75, 3.05) is 96.4 Å². The summed E-state index contributed by atoms with van der Waals surface area (Å²) in [6.45, 7) is 30.1. The van der Waals surface area contributed by atoms with Crippen molar-refractivity contribution in [2.24, 2.45) is 41.2 Å². The van der Waals surface area contributed by atoms with Gasteiger partial charge >= 0.3 is 0 Å². The van der Waals surface area contributed by atoms with Gasteiger partial charge in [0.15, 0.2) is 9.84 Å². The number of nitrogens with two attached hydrogens (primary N) is 1. The molecule has 3 aliphatic heterocycles. The molecule has 382 valence electrons. The smallest absolute Gasteiger partial charge is 0.226 e. The Morgan fingerprint density at radius 1 is 0.712 bits per heavy atom. The van der Waals surface area contributed by atoms with Gasteiger partial charge < -0.3 is 47.3 Å². The summed E-state index contributed by atoms with van der Waals surface area (Å²) in [6.07, 6.45) is 1.62. The standard InChI is InChI=1S/C11H15NO2.C10H20N2O3S.C10H18N2O2.C7H14N2O.C5H11NO.C4H11N/c1-8(2)11(13)12-9-4-6-10(14-3)7-5-9;1-9(2)10(13)11-3-4-12-5-7-16(14,15)8-6-12;1-8(2)10(14)11-5-7-12-6-3-4-9(12)13;1-5(2)7(10)9-6-3-8-4-6;1-4(2)5(7)6-3;1-4(2)3-5/h4-8H,1-3H3,(H,12,13);9H,3-8H2,1-2H3,(H,11,13);8H,3-7H2,1-2H3,(H,11,14);5-6,8H,3-4H2,1-2H3,(H,9,10);4H,1-3H3,(H,6,7);4H,3,5H2,1-2H3. The lowest BCUT2D eigenvalue weighted by Crippen LogP contribution is -2.57. The predicted octanol–water partition coefficient (Wildman–Crippen LogP) is 2.88. The average molecular weight is 956 g/mol. The van der Waals surface area contributed by atoms with Gasteiger partial charge in [0, 0.05) is 108 Å². The molecule has 0 aromatic heterocycles. The van der Waals surface area contributed by atoms with Crippen LogP contribution in [0.4, 0.5) is 5.69 Å². The van der Waals surface area contributed by atoms with Gasteiger partial charge in [-0.05, 0) is 43.1 Å². The van der Waals surface area contributed by atoms with Gasteiger partial charge in [-0.3, -0.25) is 33.7 Å². The van der Waals surface area contributed by atoms with Gasteiger partial charge in [-0.25, -0.2) is 8.42 Å². The second kappa shape index (κ2) is 35.8. The first-order chi connectivity index (χ1) is 30.8. The Morgan fingerprint density at radius 2 is 1.17 bits per heavy atom. The Balaban J connectivity index is 0. The number of hydrogen-bond acceptors (Lipinski definition) is 12. The van der Waals surface area contributed by atoms with Crippen molar-refractivity contribution < 1.29 is 41.9 Å². The van der Waals surface area contributed by atoms with Crippen LogP contribution >= 0.6 is 0 Å². The average Bonchev–Trinajstić information content (AvgIpc) is 3.67. The van der Waals surface area contributed by atoms with Crippen LogP contribution in [0.25, 0.3) is 0 Å². The molecule has 0 saturated carbocycles. The van der Waals surface area contributed by atoms with E-state index in [9.17, 15) is 37.2 Å². The van der Waals surface area contributed by atoms with Gasteiger partial charge in [-0.1, -0.05) is 83.1 Å². The van der Waals surface area contributed by atoms with Gasteiger partial charge in [0.05, 0.1) is 24.7 Å². The molecule has 3 saturated heterocycles. The van der Waals surface area contributed by atoms with E-state index in [4.69, 9.17) is 10.5 Å². The summed E-state index contributed by atoms with van der Waals surface area (Å²) >= 11 is 0. The Bertz CT molecular complexity index is 1640. The number of amides is 6. The maximum absolute atomic E-state index is 11.3. The molecule has 0 aliphatic carbocycles. The fourth-order valence-corrected chi connectivity index (χ4v) is 6.26. The highest BCUT2D eigenvalue weighted by molar-refractivity contribution is 7.91. The molecule has 3 fully saturated rings. The highest BCUT2D eigenvalue weighted by atomic mass is 32.2. The summed E-state index contributed by atoms with van der Waals surface area (Å²) < 4.78 is 27.4. The zero-order valence-corrected chi connectivity index (χ0v) is 43.6. The maximum Gasteiger partial charge on any atom is 0.226 e. The van der Waals surface area contributed by atoms with E-state index in [1.807, 2.05) is 93.5 Å². The fraction of sp³-hybridized carbons (Fsp3) is 0.745. The van der Waals surface area contributed by atoms with Crippen molar-refractivity contribution in [1.29, 1.82) is 0 Å². The zero-order chi connectivity index (χ0) is 51.0. The van der Waals surface area contributed by atoms with Gasteiger partial charge in [-0.2, -0.15) is 0 Å². The number of ether oxygens (including phenoxy) is 1. The molecular weight excluding hydrogens is 867 g/mol. The minimum absolute atomic E-state index is 0.00161. The number of benzene rings is 1. The predicted molar refractivity (Wildman–Crippen MR) is 266 cm³/mol. The van der Waals surface area contributed by atoms with Crippen molar-refractivity contribution >= 4 is 51.0 Å². The highest BCUT2D eigenvalue weighted by Crippen LogP contribution is 2.15. The molecule has 18 nitrogen and oxygen atoms in total. The molecule has 0 unspecified atom stereocenters. The molecule has 1 aromatic rings. The lowest BCUT2D eigenvalue weighted by Gasteiger charge is -2.28. The van der Waals surface area contributed by atoms with Crippen molar-refractivity contribution in [2.45, 2.75) is 102 Å². The first-order valence-electron chi connectivity index (χ1n) is 23.4. The Morgan fingerprint density at radius 3 is 1.50 bits per heavy atom. The number of nitrogens with zero attached hydrogens (tertiary/aromatic N) is 2. The quantitative estimate of drug-likeness (QED) is 0.134. The summed E-state index contributed by atoms with van der Waals surface area (Å²) in [4.78, 5) is 70.3. The third-order valence-corrected chi connectivity index (χ3v) is 11.5. The van der Waals surface area contributed by atoms with Crippen molar-refractivity contribution in [3.05, 3.63) is 24.3 Å². The normalized spacial score (nSPS) is 15.2. The van der Waals surface area contributed by atoms with E-state index >= 15 is 0 Å². The topological polar surface area (TPSA) is 250 Å². The van der Waals surface area contributed by atoms with Crippen molar-refractivity contribution in [1.82, 2.24) is 36.4 Å². The number of rotatable bonds is 15. The van der Waals surface area contributed by atoms with Gasteiger partial charge in [0.25, 0.3) is 0 Å².